The van der Waals surface area contributed by atoms with Gasteiger partial charge in [-0.2, -0.15) is 15.5 Å². The molecule has 3 aromatic rings. The van der Waals surface area contributed by atoms with Gasteiger partial charge in [-0.1, -0.05) is 0 Å². The number of hydrogen-bond acceptors (Lipinski definition) is 4. The predicted octanol–water partition coefficient (Wildman–Crippen LogP) is 3.66. The van der Waals surface area contributed by atoms with Gasteiger partial charge in [0.2, 0.25) is 0 Å². The summed E-state index contributed by atoms with van der Waals surface area (Å²) < 4.78 is 17.3. The highest BCUT2D eigenvalue weighted by Crippen LogP contribution is 2.34. The number of benzene rings is 1. The lowest BCUT2D eigenvalue weighted by Gasteiger charge is -2.25. The van der Waals surface area contributed by atoms with Gasteiger partial charge in [0.25, 0.3) is 0 Å². The molecule has 1 aromatic carbocycles. The summed E-state index contributed by atoms with van der Waals surface area (Å²) in [6.45, 7) is 1.61. The first-order valence-electron chi connectivity index (χ1n) is 9.44. The molecule has 1 N–H and O–H groups in total. The highest BCUT2D eigenvalue weighted by Gasteiger charge is 2.23. The molecular weight excluding hydrogens is 357 g/mol. The van der Waals surface area contributed by atoms with Crippen LogP contribution in [-0.4, -0.2) is 24.7 Å². The van der Waals surface area contributed by atoms with Crippen molar-refractivity contribution < 1.29 is 9.50 Å². The van der Waals surface area contributed by atoms with E-state index in [0.29, 0.717) is 35.0 Å². The van der Waals surface area contributed by atoms with Gasteiger partial charge in [0.1, 0.15) is 11.9 Å². The van der Waals surface area contributed by atoms with E-state index < -0.39 is 11.9 Å². The maximum absolute atomic E-state index is 13.7. The molecule has 1 saturated carbocycles. The van der Waals surface area contributed by atoms with Gasteiger partial charge >= 0.3 is 0 Å². The largest absolute Gasteiger partial charge is 0.389 e. The van der Waals surface area contributed by atoms with Crippen LogP contribution >= 0.6 is 0 Å². The molecule has 0 bridgehead atoms. The Labute approximate surface area is 162 Å². The van der Waals surface area contributed by atoms with Gasteiger partial charge in [0.15, 0.2) is 5.69 Å². The van der Waals surface area contributed by atoms with Crippen LogP contribution in [0, 0.1) is 17.1 Å². The minimum absolute atomic E-state index is 0.383. The standard InChI is InChI=1S/C21H22FN5O/c1-13(28)19-9-16(22)6-7-18(19)21-15(11-26(2)25-21)8-14-12-27(17-4-3-5-17)24-20(14)10-23/h6-7,9,11-13,17,28H,3-5,8H2,1-2H3/t13-/m1/s1. The van der Waals surface area contributed by atoms with Gasteiger partial charge in [0, 0.05) is 42.6 Å². The van der Waals surface area contributed by atoms with E-state index in [-0.39, 0.29) is 0 Å². The number of aryl methyl sites for hydroxylation is 1. The summed E-state index contributed by atoms with van der Waals surface area (Å²) >= 11 is 0. The Morgan fingerprint density at radius 2 is 2.07 bits per heavy atom. The molecule has 0 amide bonds. The Hall–Kier alpha value is -2.98. The van der Waals surface area contributed by atoms with Crippen LogP contribution in [0.15, 0.2) is 30.6 Å². The van der Waals surface area contributed by atoms with Crippen molar-refractivity contribution in [3.8, 4) is 17.3 Å². The molecule has 4 rings (SSSR count). The maximum Gasteiger partial charge on any atom is 0.166 e. The molecular formula is C21H22FN5O. The monoisotopic (exact) mass is 379 g/mol. The van der Waals surface area contributed by atoms with Crippen molar-refractivity contribution in [1.29, 1.82) is 5.26 Å². The first-order valence-corrected chi connectivity index (χ1v) is 9.44. The molecule has 1 aliphatic carbocycles. The van der Waals surface area contributed by atoms with Crippen molar-refractivity contribution in [3.05, 3.63) is 58.8 Å². The smallest absolute Gasteiger partial charge is 0.166 e. The fourth-order valence-corrected chi connectivity index (χ4v) is 3.68. The van der Waals surface area contributed by atoms with E-state index in [1.807, 2.05) is 24.1 Å². The van der Waals surface area contributed by atoms with Crippen molar-refractivity contribution in [2.24, 2.45) is 7.05 Å². The zero-order valence-corrected chi connectivity index (χ0v) is 15.9. The fraction of sp³-hybridized carbons (Fsp3) is 0.381. The van der Waals surface area contributed by atoms with Gasteiger partial charge in [-0.05, 0) is 49.9 Å². The van der Waals surface area contributed by atoms with Crippen LogP contribution in [0.4, 0.5) is 4.39 Å². The molecule has 144 valence electrons. The Kier molecular flexibility index (Phi) is 4.73. The van der Waals surface area contributed by atoms with Crippen molar-refractivity contribution >= 4 is 0 Å². The summed E-state index contributed by atoms with van der Waals surface area (Å²) in [5.41, 5.74) is 4.04. The van der Waals surface area contributed by atoms with Crippen LogP contribution in [0.3, 0.4) is 0 Å². The quantitative estimate of drug-likeness (QED) is 0.734. The zero-order valence-electron chi connectivity index (χ0n) is 15.9. The van der Waals surface area contributed by atoms with Gasteiger partial charge in [-0.25, -0.2) is 4.39 Å². The molecule has 0 radical (unpaired) electrons. The molecule has 0 aliphatic heterocycles. The number of nitriles is 1. The summed E-state index contributed by atoms with van der Waals surface area (Å²) in [5, 5.41) is 28.6. The fourth-order valence-electron chi connectivity index (χ4n) is 3.68. The second-order valence-electron chi connectivity index (χ2n) is 7.44. The number of aromatic nitrogens is 4. The summed E-state index contributed by atoms with van der Waals surface area (Å²) in [6.07, 6.45) is 6.91. The van der Waals surface area contributed by atoms with E-state index in [2.05, 4.69) is 16.3 Å². The third kappa shape index (κ3) is 3.32. The SMILES string of the molecule is C[C@@H](O)c1cc(F)ccc1-c1nn(C)cc1Cc1cn(C2CCC2)nc1C#N. The maximum atomic E-state index is 13.7. The lowest BCUT2D eigenvalue weighted by Crippen LogP contribution is -2.17. The molecule has 7 heteroatoms. The molecule has 2 heterocycles. The summed E-state index contributed by atoms with van der Waals surface area (Å²) in [7, 11) is 1.82. The van der Waals surface area contributed by atoms with Gasteiger partial charge in [-0.15, -0.1) is 0 Å². The molecule has 0 spiro atoms. The second-order valence-corrected chi connectivity index (χ2v) is 7.44. The topological polar surface area (TPSA) is 79.7 Å². The normalized spacial score (nSPS) is 15.2. The number of rotatable bonds is 5. The number of halogens is 1. The highest BCUT2D eigenvalue weighted by atomic mass is 19.1. The Morgan fingerprint density at radius 3 is 2.71 bits per heavy atom. The molecule has 0 saturated heterocycles. The van der Waals surface area contributed by atoms with Crippen LogP contribution in [0.5, 0.6) is 0 Å². The molecule has 1 fully saturated rings. The van der Waals surface area contributed by atoms with Crippen LogP contribution in [0.2, 0.25) is 0 Å². The molecule has 2 aromatic heterocycles. The third-order valence-corrected chi connectivity index (χ3v) is 5.37. The molecule has 1 atom stereocenters. The Morgan fingerprint density at radius 1 is 1.29 bits per heavy atom. The van der Waals surface area contributed by atoms with Crippen molar-refractivity contribution in [1.82, 2.24) is 19.6 Å². The van der Waals surface area contributed by atoms with Crippen LogP contribution in [0.1, 0.15) is 60.7 Å². The van der Waals surface area contributed by atoms with Gasteiger partial charge < -0.3 is 5.11 Å². The lowest BCUT2D eigenvalue weighted by molar-refractivity contribution is 0.199. The number of aliphatic hydroxyl groups excluding tert-OH is 1. The third-order valence-electron chi connectivity index (χ3n) is 5.37. The lowest BCUT2D eigenvalue weighted by atomic mass is 9.93. The molecule has 1 aliphatic rings. The number of aliphatic hydroxyl groups is 1. The summed E-state index contributed by atoms with van der Waals surface area (Å²) in [6, 6.07) is 6.93. The van der Waals surface area contributed by atoms with Crippen LogP contribution in [-0.2, 0) is 13.5 Å². The average Bonchev–Trinajstić information content (AvgIpc) is 3.16. The summed E-state index contributed by atoms with van der Waals surface area (Å²) in [5.74, 6) is -0.398. The van der Waals surface area contributed by atoms with Crippen molar-refractivity contribution in [3.63, 3.8) is 0 Å². The minimum atomic E-state index is -0.823. The van der Waals surface area contributed by atoms with Crippen LogP contribution < -0.4 is 0 Å². The Balaban J connectivity index is 1.74. The van der Waals surface area contributed by atoms with Gasteiger partial charge in [-0.3, -0.25) is 9.36 Å². The van der Waals surface area contributed by atoms with Crippen LogP contribution in [0.25, 0.3) is 11.3 Å². The first-order chi connectivity index (χ1) is 13.5. The van der Waals surface area contributed by atoms with E-state index in [9.17, 15) is 14.8 Å². The molecule has 6 nitrogen and oxygen atoms in total. The zero-order chi connectivity index (χ0) is 19.8. The second kappa shape index (κ2) is 7.21. The van der Waals surface area contributed by atoms with E-state index in [1.54, 1.807) is 17.7 Å². The van der Waals surface area contributed by atoms with E-state index in [1.165, 1.54) is 18.6 Å². The van der Waals surface area contributed by atoms with E-state index in [0.717, 1.165) is 24.0 Å². The Bertz CT molecular complexity index is 1060. The van der Waals surface area contributed by atoms with Gasteiger partial charge in [0.05, 0.1) is 17.8 Å². The molecule has 28 heavy (non-hydrogen) atoms. The van der Waals surface area contributed by atoms with Crippen molar-refractivity contribution in [2.45, 2.75) is 44.8 Å². The summed E-state index contributed by atoms with van der Waals surface area (Å²) in [4.78, 5) is 0. The predicted molar refractivity (Wildman–Crippen MR) is 102 cm³/mol. The number of hydrogen-bond donors (Lipinski definition) is 1. The average molecular weight is 379 g/mol. The van der Waals surface area contributed by atoms with E-state index >= 15 is 0 Å². The van der Waals surface area contributed by atoms with Crippen molar-refractivity contribution in [2.75, 3.05) is 0 Å². The number of nitrogens with zero attached hydrogens (tertiary/aromatic N) is 5. The van der Waals surface area contributed by atoms with E-state index in [4.69, 9.17) is 0 Å². The highest BCUT2D eigenvalue weighted by molar-refractivity contribution is 5.68. The molecule has 0 unspecified atom stereocenters. The minimum Gasteiger partial charge on any atom is -0.389 e. The first kappa shape index (κ1) is 18.4.